The van der Waals surface area contributed by atoms with Crippen molar-refractivity contribution in [3.63, 3.8) is 0 Å². The van der Waals surface area contributed by atoms with Crippen LogP contribution in [0.4, 0.5) is 13.2 Å². The van der Waals surface area contributed by atoms with Gasteiger partial charge in [0.25, 0.3) is 0 Å². The molecule has 1 aromatic carbocycles. The lowest BCUT2D eigenvalue weighted by atomic mass is 10.1. The van der Waals surface area contributed by atoms with Crippen LogP contribution in [0.25, 0.3) is 11.4 Å². The molecule has 3 rings (SSSR count). The van der Waals surface area contributed by atoms with E-state index in [1.54, 1.807) is 18.6 Å². The fraction of sp³-hybridized carbons (Fsp3) is 0.250. The minimum Gasteiger partial charge on any atom is -0.338 e. The summed E-state index contributed by atoms with van der Waals surface area (Å²) >= 11 is 0. The zero-order valence-corrected chi connectivity index (χ0v) is 13.2. The van der Waals surface area contributed by atoms with Crippen molar-refractivity contribution in [2.24, 2.45) is 0 Å². The van der Waals surface area contributed by atoms with Crippen LogP contribution < -0.4 is 0 Å². The lowest BCUT2D eigenvalue weighted by Gasteiger charge is -2.12. The average Bonchev–Trinajstić information content (AvgIpc) is 3.03. The van der Waals surface area contributed by atoms with Crippen LogP contribution in [-0.4, -0.2) is 32.1 Å². The number of benzene rings is 1. The van der Waals surface area contributed by atoms with Gasteiger partial charge < -0.3 is 4.52 Å². The topological polar surface area (TPSA) is 67.9 Å². The van der Waals surface area contributed by atoms with Gasteiger partial charge in [0.1, 0.15) is 0 Å². The van der Waals surface area contributed by atoms with Gasteiger partial charge in [-0.2, -0.15) is 18.2 Å². The third kappa shape index (κ3) is 4.38. The summed E-state index contributed by atoms with van der Waals surface area (Å²) in [6.45, 7) is 0.927. The number of nitrogens with zero attached hydrogens (tertiary/aromatic N) is 5. The molecular formula is C16H14F3N5O. The largest absolute Gasteiger partial charge is 0.416 e. The first kappa shape index (κ1) is 17.0. The van der Waals surface area contributed by atoms with Crippen molar-refractivity contribution in [1.29, 1.82) is 0 Å². The van der Waals surface area contributed by atoms with Gasteiger partial charge in [-0.3, -0.25) is 14.9 Å². The first-order valence-electron chi connectivity index (χ1n) is 7.35. The Hall–Kier alpha value is -2.81. The Morgan fingerprint density at radius 2 is 1.84 bits per heavy atom. The highest BCUT2D eigenvalue weighted by Gasteiger charge is 2.30. The molecule has 9 heteroatoms. The SMILES string of the molecule is CN(Cc1cnccn1)Cc1nc(-c2ccc(C(F)(F)F)cc2)no1. The standard InChI is InChI=1S/C16H14F3N5O/c1-24(9-13-8-20-6-7-21-13)10-14-22-15(23-25-14)11-2-4-12(5-3-11)16(17,18)19/h2-8H,9-10H2,1H3. The summed E-state index contributed by atoms with van der Waals surface area (Å²) < 4.78 is 42.9. The van der Waals surface area contributed by atoms with E-state index in [-0.39, 0.29) is 5.82 Å². The Balaban J connectivity index is 1.66. The third-order valence-electron chi connectivity index (χ3n) is 3.39. The molecule has 0 atom stereocenters. The molecule has 3 aromatic rings. The van der Waals surface area contributed by atoms with E-state index in [1.807, 2.05) is 11.9 Å². The molecule has 0 unspecified atom stereocenters. The Morgan fingerprint density at radius 3 is 2.48 bits per heavy atom. The van der Waals surface area contributed by atoms with Crippen LogP contribution in [0.2, 0.25) is 0 Å². The van der Waals surface area contributed by atoms with Gasteiger partial charge in [-0.15, -0.1) is 0 Å². The number of rotatable bonds is 5. The molecule has 0 bridgehead atoms. The summed E-state index contributed by atoms with van der Waals surface area (Å²) in [6, 6.07) is 4.62. The van der Waals surface area contributed by atoms with E-state index in [4.69, 9.17) is 4.52 Å². The van der Waals surface area contributed by atoms with Crippen LogP contribution in [-0.2, 0) is 19.3 Å². The summed E-state index contributed by atoms with van der Waals surface area (Å²) in [5.41, 5.74) is 0.538. The molecule has 0 saturated heterocycles. The number of halogens is 3. The zero-order valence-electron chi connectivity index (χ0n) is 13.2. The first-order valence-corrected chi connectivity index (χ1v) is 7.35. The van der Waals surface area contributed by atoms with Crippen molar-refractivity contribution in [3.8, 4) is 11.4 Å². The monoisotopic (exact) mass is 349 g/mol. The highest BCUT2D eigenvalue weighted by Crippen LogP contribution is 2.30. The maximum absolute atomic E-state index is 12.6. The smallest absolute Gasteiger partial charge is 0.338 e. The minimum atomic E-state index is -4.37. The maximum atomic E-state index is 12.6. The third-order valence-corrected chi connectivity index (χ3v) is 3.39. The number of hydrogen-bond acceptors (Lipinski definition) is 6. The van der Waals surface area contributed by atoms with Crippen LogP contribution in [0.1, 0.15) is 17.1 Å². The second kappa shape index (κ2) is 6.98. The highest BCUT2D eigenvalue weighted by atomic mass is 19.4. The second-order valence-corrected chi connectivity index (χ2v) is 5.46. The van der Waals surface area contributed by atoms with Crippen LogP contribution in [0.3, 0.4) is 0 Å². The van der Waals surface area contributed by atoms with Gasteiger partial charge >= 0.3 is 6.18 Å². The Morgan fingerprint density at radius 1 is 1.08 bits per heavy atom. The fourth-order valence-electron chi connectivity index (χ4n) is 2.22. The molecule has 0 aliphatic carbocycles. The molecule has 130 valence electrons. The van der Waals surface area contributed by atoms with Crippen molar-refractivity contribution in [2.45, 2.75) is 19.3 Å². The van der Waals surface area contributed by atoms with E-state index >= 15 is 0 Å². The molecule has 2 aromatic heterocycles. The molecule has 0 saturated carbocycles. The fourth-order valence-corrected chi connectivity index (χ4v) is 2.22. The summed E-state index contributed by atoms with van der Waals surface area (Å²) in [4.78, 5) is 14.3. The summed E-state index contributed by atoms with van der Waals surface area (Å²) in [7, 11) is 1.86. The highest BCUT2D eigenvalue weighted by molar-refractivity contribution is 5.54. The van der Waals surface area contributed by atoms with Crippen molar-refractivity contribution < 1.29 is 17.7 Å². The van der Waals surface area contributed by atoms with Crippen LogP contribution in [0.15, 0.2) is 47.4 Å². The zero-order chi connectivity index (χ0) is 17.9. The number of hydrogen-bond donors (Lipinski definition) is 0. The van der Waals surface area contributed by atoms with Crippen LogP contribution in [0.5, 0.6) is 0 Å². The van der Waals surface area contributed by atoms with Gasteiger partial charge in [0.05, 0.1) is 17.8 Å². The lowest BCUT2D eigenvalue weighted by molar-refractivity contribution is -0.137. The van der Waals surface area contributed by atoms with Crippen molar-refractivity contribution in [1.82, 2.24) is 25.0 Å². The van der Waals surface area contributed by atoms with E-state index in [0.717, 1.165) is 17.8 Å². The van der Waals surface area contributed by atoms with Gasteiger partial charge in [0, 0.05) is 30.7 Å². The quantitative estimate of drug-likeness (QED) is 0.705. The number of alkyl halides is 3. The number of aromatic nitrogens is 4. The molecule has 0 aliphatic heterocycles. The van der Waals surface area contributed by atoms with E-state index < -0.39 is 11.7 Å². The Bertz CT molecular complexity index is 818. The summed E-state index contributed by atoms with van der Waals surface area (Å²) in [6.07, 6.45) is 0.498. The minimum absolute atomic E-state index is 0.247. The van der Waals surface area contributed by atoms with E-state index in [9.17, 15) is 13.2 Å². The van der Waals surface area contributed by atoms with Crippen molar-refractivity contribution in [2.75, 3.05) is 7.05 Å². The first-order chi connectivity index (χ1) is 11.9. The second-order valence-electron chi connectivity index (χ2n) is 5.46. The molecule has 0 radical (unpaired) electrons. The molecule has 0 N–H and O–H groups in total. The van der Waals surface area contributed by atoms with Gasteiger partial charge in [-0.25, -0.2) is 0 Å². The van der Waals surface area contributed by atoms with Crippen LogP contribution >= 0.6 is 0 Å². The van der Waals surface area contributed by atoms with Gasteiger partial charge in [0.15, 0.2) is 0 Å². The molecule has 0 amide bonds. The van der Waals surface area contributed by atoms with E-state index in [1.165, 1.54) is 12.1 Å². The molecule has 0 aliphatic rings. The lowest BCUT2D eigenvalue weighted by Crippen LogP contribution is -2.18. The van der Waals surface area contributed by atoms with Gasteiger partial charge in [0.2, 0.25) is 11.7 Å². The Kier molecular flexibility index (Phi) is 4.75. The normalized spacial score (nSPS) is 11.9. The molecule has 0 fully saturated rings. The van der Waals surface area contributed by atoms with E-state index in [0.29, 0.717) is 24.5 Å². The van der Waals surface area contributed by atoms with Gasteiger partial charge in [-0.1, -0.05) is 17.3 Å². The summed E-state index contributed by atoms with van der Waals surface area (Å²) in [5.74, 6) is 0.609. The summed E-state index contributed by atoms with van der Waals surface area (Å²) in [5, 5.41) is 3.82. The predicted molar refractivity (Wildman–Crippen MR) is 81.9 cm³/mol. The molecule has 2 heterocycles. The molecule has 6 nitrogen and oxygen atoms in total. The van der Waals surface area contributed by atoms with Crippen molar-refractivity contribution >= 4 is 0 Å². The molecule has 25 heavy (non-hydrogen) atoms. The maximum Gasteiger partial charge on any atom is 0.416 e. The predicted octanol–water partition coefficient (Wildman–Crippen LogP) is 3.18. The van der Waals surface area contributed by atoms with Crippen LogP contribution in [0, 0.1) is 0 Å². The van der Waals surface area contributed by atoms with E-state index in [2.05, 4.69) is 20.1 Å². The molecular weight excluding hydrogens is 335 g/mol. The van der Waals surface area contributed by atoms with Gasteiger partial charge in [-0.05, 0) is 19.2 Å². The Labute approximate surface area is 141 Å². The van der Waals surface area contributed by atoms with Crippen molar-refractivity contribution in [3.05, 3.63) is 60.0 Å². The molecule has 0 spiro atoms. The average molecular weight is 349 g/mol.